The van der Waals surface area contributed by atoms with Gasteiger partial charge in [0.15, 0.2) is 6.04 Å². The Kier molecular flexibility index (Phi) is 4.69. The zero-order chi connectivity index (χ0) is 12.8. The Balaban J connectivity index is 2.90. The molecule has 4 heteroatoms. The van der Waals surface area contributed by atoms with E-state index in [-0.39, 0.29) is 11.8 Å². The highest BCUT2D eigenvalue weighted by Gasteiger charge is 2.24. The van der Waals surface area contributed by atoms with Crippen molar-refractivity contribution in [3.63, 3.8) is 0 Å². The van der Waals surface area contributed by atoms with Crippen LogP contribution >= 0.6 is 0 Å². The van der Waals surface area contributed by atoms with Gasteiger partial charge in [0, 0.05) is 5.92 Å². The van der Waals surface area contributed by atoms with E-state index in [0.29, 0.717) is 5.56 Å². The van der Waals surface area contributed by atoms with Crippen molar-refractivity contribution in [2.24, 2.45) is 5.92 Å². The summed E-state index contributed by atoms with van der Waals surface area (Å²) in [4.78, 5) is 23.3. The minimum absolute atomic E-state index is 0.175. The highest BCUT2D eigenvalue weighted by Crippen LogP contribution is 2.14. The standard InChI is InChI=1S/C13H17NO3/c1-9(2)12(15)14-11(13(16)17-3)10-7-5-4-6-8-10/h4-9,11H,1-3H3,(H,14,15). The van der Waals surface area contributed by atoms with E-state index in [1.807, 2.05) is 18.2 Å². The van der Waals surface area contributed by atoms with Gasteiger partial charge in [-0.05, 0) is 5.56 Å². The van der Waals surface area contributed by atoms with Crippen molar-refractivity contribution in [3.05, 3.63) is 35.9 Å². The smallest absolute Gasteiger partial charge is 0.333 e. The molecule has 1 aromatic carbocycles. The first-order valence-corrected chi connectivity index (χ1v) is 5.49. The van der Waals surface area contributed by atoms with Gasteiger partial charge in [0.2, 0.25) is 5.91 Å². The third-order valence-electron chi connectivity index (χ3n) is 2.38. The second-order valence-electron chi connectivity index (χ2n) is 4.03. The van der Waals surface area contributed by atoms with Gasteiger partial charge in [-0.1, -0.05) is 44.2 Å². The molecule has 1 aromatic rings. The molecule has 0 saturated heterocycles. The van der Waals surface area contributed by atoms with Crippen molar-refractivity contribution in [2.45, 2.75) is 19.9 Å². The molecule has 1 amide bonds. The summed E-state index contributed by atoms with van der Waals surface area (Å²) in [6, 6.07) is 8.29. The lowest BCUT2D eigenvalue weighted by Crippen LogP contribution is -2.36. The molecule has 0 heterocycles. The summed E-state index contributed by atoms with van der Waals surface area (Å²) in [6.45, 7) is 3.54. The van der Waals surface area contributed by atoms with Crippen LogP contribution in [0.5, 0.6) is 0 Å². The summed E-state index contributed by atoms with van der Waals surface area (Å²) in [7, 11) is 1.31. The van der Waals surface area contributed by atoms with E-state index in [2.05, 4.69) is 5.32 Å². The molecule has 1 unspecified atom stereocenters. The first-order valence-electron chi connectivity index (χ1n) is 5.49. The predicted molar refractivity (Wildman–Crippen MR) is 64.2 cm³/mol. The number of rotatable bonds is 4. The van der Waals surface area contributed by atoms with Crippen LogP contribution in [0.4, 0.5) is 0 Å². The molecule has 92 valence electrons. The number of hydrogen-bond donors (Lipinski definition) is 1. The summed E-state index contributed by atoms with van der Waals surface area (Å²) in [5, 5.41) is 2.67. The first-order chi connectivity index (χ1) is 8.06. The van der Waals surface area contributed by atoms with Gasteiger partial charge in [-0.25, -0.2) is 4.79 Å². The molecule has 0 spiro atoms. The van der Waals surface area contributed by atoms with Crippen LogP contribution in [0.3, 0.4) is 0 Å². The van der Waals surface area contributed by atoms with Crippen molar-refractivity contribution < 1.29 is 14.3 Å². The topological polar surface area (TPSA) is 55.4 Å². The molecular formula is C13H17NO3. The fraction of sp³-hybridized carbons (Fsp3) is 0.385. The van der Waals surface area contributed by atoms with Crippen LogP contribution in [0.1, 0.15) is 25.5 Å². The van der Waals surface area contributed by atoms with E-state index in [0.717, 1.165) is 0 Å². The van der Waals surface area contributed by atoms with Gasteiger partial charge in [0.05, 0.1) is 7.11 Å². The lowest BCUT2D eigenvalue weighted by atomic mass is 10.1. The highest BCUT2D eigenvalue weighted by atomic mass is 16.5. The van der Waals surface area contributed by atoms with Crippen molar-refractivity contribution in [1.29, 1.82) is 0 Å². The van der Waals surface area contributed by atoms with E-state index < -0.39 is 12.0 Å². The molecule has 1 atom stereocenters. The quantitative estimate of drug-likeness (QED) is 0.808. The molecule has 0 aliphatic rings. The highest BCUT2D eigenvalue weighted by molar-refractivity contribution is 5.86. The number of benzene rings is 1. The number of esters is 1. The largest absolute Gasteiger partial charge is 0.467 e. The monoisotopic (exact) mass is 235 g/mol. The number of nitrogens with one attached hydrogen (secondary N) is 1. The Hall–Kier alpha value is -1.84. The fourth-order valence-corrected chi connectivity index (χ4v) is 1.35. The van der Waals surface area contributed by atoms with Gasteiger partial charge in [-0.3, -0.25) is 4.79 Å². The number of amides is 1. The SMILES string of the molecule is COC(=O)C(NC(=O)C(C)C)c1ccccc1. The van der Waals surface area contributed by atoms with E-state index in [4.69, 9.17) is 4.74 Å². The minimum Gasteiger partial charge on any atom is -0.467 e. The minimum atomic E-state index is -0.740. The van der Waals surface area contributed by atoms with E-state index in [1.54, 1.807) is 26.0 Å². The van der Waals surface area contributed by atoms with Crippen LogP contribution in [0.15, 0.2) is 30.3 Å². The van der Waals surface area contributed by atoms with Gasteiger partial charge in [-0.2, -0.15) is 0 Å². The Morgan fingerprint density at radius 3 is 2.24 bits per heavy atom. The molecule has 0 aromatic heterocycles. The summed E-state index contributed by atoms with van der Waals surface area (Å²) >= 11 is 0. The molecule has 1 rings (SSSR count). The maximum Gasteiger partial charge on any atom is 0.333 e. The third-order valence-corrected chi connectivity index (χ3v) is 2.38. The fourth-order valence-electron chi connectivity index (χ4n) is 1.35. The van der Waals surface area contributed by atoms with Crippen LogP contribution in [0.25, 0.3) is 0 Å². The number of carbonyl (C=O) groups excluding carboxylic acids is 2. The Bertz CT molecular complexity index is 387. The Labute approximate surface area is 101 Å². The lowest BCUT2D eigenvalue weighted by Gasteiger charge is -2.18. The molecule has 1 N–H and O–H groups in total. The van der Waals surface area contributed by atoms with Crippen molar-refractivity contribution in [1.82, 2.24) is 5.32 Å². The number of ether oxygens (including phenoxy) is 1. The zero-order valence-electron chi connectivity index (χ0n) is 10.3. The molecule has 0 aliphatic heterocycles. The third kappa shape index (κ3) is 3.59. The second-order valence-corrected chi connectivity index (χ2v) is 4.03. The molecule has 4 nitrogen and oxygen atoms in total. The van der Waals surface area contributed by atoms with E-state index in [9.17, 15) is 9.59 Å². The molecule has 0 fully saturated rings. The molecule has 17 heavy (non-hydrogen) atoms. The van der Waals surface area contributed by atoms with Gasteiger partial charge < -0.3 is 10.1 Å². The Morgan fingerprint density at radius 1 is 1.18 bits per heavy atom. The predicted octanol–water partition coefficient (Wildman–Crippen LogP) is 1.67. The van der Waals surface area contributed by atoms with Crippen LogP contribution in [0, 0.1) is 5.92 Å². The van der Waals surface area contributed by atoms with Gasteiger partial charge in [0.1, 0.15) is 0 Å². The normalized spacial score (nSPS) is 12.0. The van der Waals surface area contributed by atoms with Crippen molar-refractivity contribution in [3.8, 4) is 0 Å². The van der Waals surface area contributed by atoms with E-state index in [1.165, 1.54) is 7.11 Å². The first kappa shape index (κ1) is 13.2. The second kappa shape index (κ2) is 6.03. The van der Waals surface area contributed by atoms with Crippen LogP contribution < -0.4 is 5.32 Å². The summed E-state index contributed by atoms with van der Waals surface area (Å²) in [6.07, 6.45) is 0. The average Bonchev–Trinajstić information content (AvgIpc) is 2.35. The molecular weight excluding hydrogens is 218 g/mol. The molecule has 0 radical (unpaired) electrons. The number of methoxy groups -OCH3 is 1. The molecule has 0 saturated carbocycles. The zero-order valence-corrected chi connectivity index (χ0v) is 10.3. The van der Waals surface area contributed by atoms with Crippen LogP contribution in [-0.4, -0.2) is 19.0 Å². The van der Waals surface area contributed by atoms with Crippen LogP contribution in [-0.2, 0) is 14.3 Å². The van der Waals surface area contributed by atoms with Gasteiger partial charge in [-0.15, -0.1) is 0 Å². The van der Waals surface area contributed by atoms with Gasteiger partial charge >= 0.3 is 5.97 Å². The number of carbonyl (C=O) groups is 2. The average molecular weight is 235 g/mol. The maximum absolute atomic E-state index is 11.6. The molecule has 0 aliphatic carbocycles. The number of hydrogen-bond acceptors (Lipinski definition) is 3. The molecule has 0 bridgehead atoms. The summed E-state index contributed by atoms with van der Waals surface area (Å²) < 4.78 is 4.69. The van der Waals surface area contributed by atoms with Crippen molar-refractivity contribution >= 4 is 11.9 Å². The van der Waals surface area contributed by atoms with E-state index >= 15 is 0 Å². The summed E-state index contributed by atoms with van der Waals surface area (Å²) in [5.41, 5.74) is 0.716. The lowest BCUT2D eigenvalue weighted by molar-refractivity contribution is -0.145. The van der Waals surface area contributed by atoms with Crippen LogP contribution in [0.2, 0.25) is 0 Å². The Morgan fingerprint density at radius 2 is 1.76 bits per heavy atom. The summed E-state index contributed by atoms with van der Waals surface area (Å²) in [5.74, 6) is -0.819. The maximum atomic E-state index is 11.6. The van der Waals surface area contributed by atoms with Crippen molar-refractivity contribution in [2.75, 3.05) is 7.11 Å². The van der Waals surface area contributed by atoms with Gasteiger partial charge in [0.25, 0.3) is 0 Å².